The van der Waals surface area contributed by atoms with Crippen LogP contribution in [0.5, 0.6) is 0 Å². The summed E-state index contributed by atoms with van der Waals surface area (Å²) in [6.45, 7) is 0. The first-order chi connectivity index (χ1) is 24.8. The van der Waals surface area contributed by atoms with Crippen LogP contribution in [0.2, 0.25) is 0 Å². The zero-order valence-corrected chi connectivity index (χ0v) is 27.0. The Morgan fingerprint density at radius 1 is 0.280 bits per heavy atom. The molecule has 2 aromatic heterocycles. The van der Waals surface area contributed by atoms with Gasteiger partial charge in [-0.25, -0.2) is 0 Å². The largest absolute Gasteiger partial charge is 0.456 e. The fourth-order valence-electron chi connectivity index (χ4n) is 8.26. The van der Waals surface area contributed by atoms with Crippen LogP contribution in [0, 0.1) is 0 Å². The molecule has 0 unspecified atom stereocenters. The van der Waals surface area contributed by atoms with Crippen molar-refractivity contribution in [1.82, 2.24) is 0 Å². The second-order valence-corrected chi connectivity index (χ2v) is 13.2. The minimum Gasteiger partial charge on any atom is -0.456 e. The topological polar surface area (TPSA) is 26.3 Å². The van der Waals surface area contributed by atoms with Crippen LogP contribution in [0.4, 0.5) is 0 Å². The molecule has 0 saturated heterocycles. The average Bonchev–Trinajstić information content (AvgIpc) is 3.74. The van der Waals surface area contributed by atoms with Crippen LogP contribution in [0.1, 0.15) is 0 Å². The predicted octanol–water partition coefficient (Wildman–Crippen LogP) is 13.9. The molecule has 50 heavy (non-hydrogen) atoms. The van der Waals surface area contributed by atoms with E-state index in [-0.39, 0.29) is 0 Å². The molecule has 0 saturated carbocycles. The number of para-hydroxylation sites is 1. The molecule has 0 bridgehead atoms. The highest BCUT2D eigenvalue weighted by Crippen LogP contribution is 2.46. The van der Waals surface area contributed by atoms with E-state index in [1.165, 1.54) is 54.6 Å². The highest BCUT2D eigenvalue weighted by atomic mass is 16.3. The molecule has 0 spiro atoms. The third kappa shape index (κ3) is 3.90. The van der Waals surface area contributed by atoms with Gasteiger partial charge in [-0.15, -0.1) is 0 Å². The fourth-order valence-corrected chi connectivity index (χ4v) is 8.26. The van der Waals surface area contributed by atoms with Crippen molar-refractivity contribution in [3.8, 4) is 33.4 Å². The number of furan rings is 2. The number of hydrogen-bond donors (Lipinski definition) is 0. The van der Waals surface area contributed by atoms with Crippen molar-refractivity contribution in [2.75, 3.05) is 0 Å². The molecule has 0 aliphatic heterocycles. The van der Waals surface area contributed by atoms with E-state index in [4.69, 9.17) is 8.83 Å². The third-order valence-corrected chi connectivity index (χ3v) is 10.5. The Labute approximate surface area is 287 Å². The summed E-state index contributed by atoms with van der Waals surface area (Å²) < 4.78 is 12.6. The number of rotatable bonds is 3. The van der Waals surface area contributed by atoms with Gasteiger partial charge in [-0.3, -0.25) is 0 Å². The highest BCUT2D eigenvalue weighted by molar-refractivity contribution is 6.26. The number of fused-ring (bicyclic) bond motifs is 10. The summed E-state index contributed by atoms with van der Waals surface area (Å²) >= 11 is 0. The van der Waals surface area contributed by atoms with Gasteiger partial charge in [0.15, 0.2) is 0 Å². The van der Waals surface area contributed by atoms with Crippen LogP contribution in [-0.2, 0) is 0 Å². The molecule has 0 fully saturated rings. The molecule has 0 aliphatic rings. The fraction of sp³-hybridized carbons (Fsp3) is 0. The lowest BCUT2D eigenvalue weighted by atomic mass is 9.84. The average molecular weight is 637 g/mol. The molecule has 11 rings (SSSR count). The molecule has 2 nitrogen and oxygen atoms in total. The van der Waals surface area contributed by atoms with Crippen LogP contribution >= 0.6 is 0 Å². The van der Waals surface area contributed by atoms with E-state index in [0.29, 0.717) is 0 Å². The van der Waals surface area contributed by atoms with E-state index in [2.05, 4.69) is 146 Å². The van der Waals surface area contributed by atoms with E-state index in [1.54, 1.807) is 0 Å². The van der Waals surface area contributed by atoms with Gasteiger partial charge >= 0.3 is 0 Å². The first-order valence-corrected chi connectivity index (χ1v) is 17.1. The number of benzene rings is 9. The van der Waals surface area contributed by atoms with Crippen molar-refractivity contribution in [2.24, 2.45) is 0 Å². The van der Waals surface area contributed by atoms with Crippen molar-refractivity contribution in [3.63, 3.8) is 0 Å². The van der Waals surface area contributed by atoms with E-state index in [0.717, 1.165) is 55.0 Å². The summed E-state index contributed by atoms with van der Waals surface area (Å²) in [6.07, 6.45) is 0. The third-order valence-electron chi connectivity index (χ3n) is 10.5. The Morgan fingerprint density at radius 3 is 1.46 bits per heavy atom. The molecular weight excluding hydrogens is 609 g/mol. The molecule has 0 amide bonds. The van der Waals surface area contributed by atoms with Gasteiger partial charge in [-0.1, -0.05) is 140 Å². The zero-order chi connectivity index (χ0) is 32.8. The quantitative estimate of drug-likeness (QED) is 0.180. The van der Waals surface area contributed by atoms with Crippen LogP contribution in [-0.4, -0.2) is 0 Å². The first-order valence-electron chi connectivity index (χ1n) is 17.1. The smallest absolute Gasteiger partial charge is 0.136 e. The van der Waals surface area contributed by atoms with Gasteiger partial charge in [0.25, 0.3) is 0 Å². The summed E-state index contributed by atoms with van der Waals surface area (Å²) in [5, 5.41) is 12.0. The van der Waals surface area contributed by atoms with Crippen molar-refractivity contribution in [2.45, 2.75) is 0 Å². The molecule has 0 aliphatic carbocycles. The van der Waals surface area contributed by atoms with Crippen molar-refractivity contribution in [3.05, 3.63) is 170 Å². The maximum atomic E-state index is 6.35. The Kier molecular flexibility index (Phi) is 5.70. The molecule has 232 valence electrons. The van der Waals surface area contributed by atoms with Crippen LogP contribution in [0.3, 0.4) is 0 Å². The molecule has 9 aromatic carbocycles. The van der Waals surface area contributed by atoms with Gasteiger partial charge in [-0.2, -0.15) is 0 Å². The highest BCUT2D eigenvalue weighted by Gasteiger charge is 2.19. The maximum Gasteiger partial charge on any atom is 0.136 e. The minimum atomic E-state index is 0.872. The second-order valence-electron chi connectivity index (χ2n) is 13.2. The Hall–Kier alpha value is -6.64. The lowest BCUT2D eigenvalue weighted by Gasteiger charge is -2.19. The minimum absolute atomic E-state index is 0.872. The monoisotopic (exact) mass is 636 g/mol. The molecule has 11 aromatic rings. The SMILES string of the molecule is c1ccc2c(-c3c4ccccc4c(-c4ccc(-c5ccc6oc7ccc8oc9ccccc9c8c7c6c5)cc4)c4ccccc34)cccc2c1. The lowest BCUT2D eigenvalue weighted by molar-refractivity contribution is 0.663. The lowest BCUT2D eigenvalue weighted by Crippen LogP contribution is -1.91. The molecule has 0 N–H and O–H groups in total. The Bertz CT molecular complexity index is 3080. The van der Waals surface area contributed by atoms with E-state index < -0.39 is 0 Å². The molecule has 0 radical (unpaired) electrons. The molecular formula is C48H28O2. The van der Waals surface area contributed by atoms with Crippen molar-refractivity contribution < 1.29 is 8.83 Å². The normalized spacial score (nSPS) is 12.0. The molecule has 0 atom stereocenters. The molecule has 2 heterocycles. The Balaban J connectivity index is 1.09. The summed E-state index contributed by atoms with van der Waals surface area (Å²) in [4.78, 5) is 0. The summed E-state index contributed by atoms with van der Waals surface area (Å²) in [5.74, 6) is 0. The van der Waals surface area contributed by atoms with Crippen LogP contribution < -0.4 is 0 Å². The molecule has 2 heteroatoms. The van der Waals surface area contributed by atoms with Gasteiger partial charge < -0.3 is 8.83 Å². The van der Waals surface area contributed by atoms with Crippen molar-refractivity contribution in [1.29, 1.82) is 0 Å². The van der Waals surface area contributed by atoms with Gasteiger partial charge in [0.1, 0.15) is 22.3 Å². The van der Waals surface area contributed by atoms with Gasteiger partial charge in [-0.05, 0) is 96.0 Å². The standard InChI is InChI=1S/C48H28O2/c1-2-12-33-30(10-1)11-9-18-34(33)46-37-15-5-3-13-35(37)45(36-14-4-6-16-38(36)46)31-22-20-29(21-23-31)32-24-25-42-40(28-32)48-44(50-42)27-26-43-47(48)39-17-7-8-19-41(39)49-43/h1-28H. The van der Waals surface area contributed by atoms with Crippen LogP contribution in [0.15, 0.2) is 179 Å². The van der Waals surface area contributed by atoms with Gasteiger partial charge in [0, 0.05) is 21.5 Å². The van der Waals surface area contributed by atoms with Gasteiger partial charge in [0.05, 0.1) is 0 Å². The summed E-state index contributed by atoms with van der Waals surface area (Å²) in [7, 11) is 0. The first kappa shape index (κ1) is 27.3. The van der Waals surface area contributed by atoms with E-state index in [9.17, 15) is 0 Å². The zero-order valence-electron chi connectivity index (χ0n) is 27.0. The second kappa shape index (κ2) is 10.4. The van der Waals surface area contributed by atoms with Gasteiger partial charge in [0.2, 0.25) is 0 Å². The Morgan fingerprint density at radius 2 is 0.760 bits per heavy atom. The predicted molar refractivity (Wildman–Crippen MR) is 210 cm³/mol. The van der Waals surface area contributed by atoms with Crippen LogP contribution in [0.25, 0.3) is 110 Å². The summed E-state index contributed by atoms with van der Waals surface area (Å²) in [5.41, 5.74) is 10.8. The number of hydrogen-bond acceptors (Lipinski definition) is 2. The van der Waals surface area contributed by atoms with E-state index >= 15 is 0 Å². The van der Waals surface area contributed by atoms with Crippen molar-refractivity contribution >= 4 is 76.2 Å². The van der Waals surface area contributed by atoms with E-state index in [1.807, 2.05) is 24.3 Å². The summed E-state index contributed by atoms with van der Waals surface area (Å²) in [6, 6.07) is 61.0. The maximum absolute atomic E-state index is 6.35.